The van der Waals surface area contributed by atoms with Crippen LogP contribution < -0.4 is 0 Å². The number of piperidine rings is 1. The zero-order valence-corrected chi connectivity index (χ0v) is 15.5. The van der Waals surface area contributed by atoms with Gasteiger partial charge in [-0.25, -0.2) is 0 Å². The van der Waals surface area contributed by atoms with Crippen LogP contribution in [0.5, 0.6) is 0 Å². The van der Waals surface area contributed by atoms with Crippen molar-refractivity contribution in [3.8, 4) is 0 Å². The molecule has 26 heavy (non-hydrogen) atoms. The lowest BCUT2D eigenvalue weighted by Gasteiger charge is -2.41. The summed E-state index contributed by atoms with van der Waals surface area (Å²) >= 11 is 0. The van der Waals surface area contributed by atoms with Crippen molar-refractivity contribution in [3.63, 3.8) is 0 Å². The standard InChI is InChI=1S/C23H27N3/c1-2-13-26-14-11-17-16(15-26)6-5-8-19(17)22-23-20(10-12-24-22)18-7-3-4-9-21(18)25-23/h3-4,7-10,12,16-17,25H,2,5-6,11,13-15H2,1H3/t16-,17+/m0/s1. The highest BCUT2D eigenvalue weighted by Gasteiger charge is 2.34. The monoisotopic (exact) mass is 345 g/mol. The van der Waals surface area contributed by atoms with Crippen LogP contribution in [0.3, 0.4) is 0 Å². The molecule has 1 saturated heterocycles. The smallest absolute Gasteiger partial charge is 0.0902 e. The van der Waals surface area contributed by atoms with Crippen molar-refractivity contribution < 1.29 is 0 Å². The predicted octanol–water partition coefficient (Wildman–Crippen LogP) is 5.24. The number of fused-ring (bicyclic) bond motifs is 4. The van der Waals surface area contributed by atoms with Crippen LogP contribution in [0.25, 0.3) is 27.4 Å². The highest BCUT2D eigenvalue weighted by atomic mass is 15.1. The number of aromatic amines is 1. The number of nitrogens with one attached hydrogen (secondary N) is 1. The predicted molar refractivity (Wildman–Crippen MR) is 109 cm³/mol. The maximum atomic E-state index is 4.86. The van der Waals surface area contributed by atoms with Crippen LogP contribution in [0.1, 0.15) is 38.3 Å². The first kappa shape index (κ1) is 16.1. The number of para-hydroxylation sites is 1. The van der Waals surface area contributed by atoms with Crippen LogP contribution in [0.4, 0.5) is 0 Å². The Labute approximate surface area is 155 Å². The van der Waals surface area contributed by atoms with Gasteiger partial charge in [-0.3, -0.25) is 4.98 Å². The summed E-state index contributed by atoms with van der Waals surface area (Å²) in [5.74, 6) is 1.46. The molecule has 1 fully saturated rings. The number of likely N-dealkylation sites (tertiary alicyclic amines) is 1. The molecular formula is C23H27N3. The van der Waals surface area contributed by atoms with E-state index in [1.807, 2.05) is 6.20 Å². The van der Waals surface area contributed by atoms with E-state index in [9.17, 15) is 0 Å². The number of hydrogen-bond donors (Lipinski definition) is 1. The molecule has 2 aromatic heterocycles. The number of nitrogens with zero attached hydrogens (tertiary/aromatic N) is 2. The van der Waals surface area contributed by atoms with Crippen molar-refractivity contribution in [1.82, 2.24) is 14.9 Å². The molecule has 0 amide bonds. The number of aromatic nitrogens is 2. The number of allylic oxidation sites excluding steroid dienone is 2. The second-order valence-corrected chi connectivity index (χ2v) is 7.95. The maximum Gasteiger partial charge on any atom is 0.0902 e. The Morgan fingerprint density at radius 1 is 1.15 bits per heavy atom. The number of rotatable bonds is 3. The highest BCUT2D eigenvalue weighted by Crippen LogP contribution is 2.43. The molecule has 0 radical (unpaired) electrons. The molecule has 2 atom stereocenters. The van der Waals surface area contributed by atoms with E-state index in [1.54, 1.807) is 0 Å². The van der Waals surface area contributed by atoms with Gasteiger partial charge in [-0.1, -0.05) is 31.2 Å². The summed E-state index contributed by atoms with van der Waals surface area (Å²) in [4.78, 5) is 11.2. The zero-order chi connectivity index (χ0) is 17.5. The lowest BCUT2D eigenvalue weighted by Crippen LogP contribution is -2.42. The lowest BCUT2D eigenvalue weighted by molar-refractivity contribution is 0.136. The Hall–Kier alpha value is -2.13. The minimum absolute atomic E-state index is 0.668. The van der Waals surface area contributed by atoms with Crippen molar-refractivity contribution >= 4 is 27.4 Å². The molecular weight excluding hydrogens is 318 g/mol. The molecule has 3 heterocycles. The van der Waals surface area contributed by atoms with Gasteiger partial charge in [0.25, 0.3) is 0 Å². The van der Waals surface area contributed by atoms with Crippen LogP contribution in [0, 0.1) is 11.8 Å². The van der Waals surface area contributed by atoms with Crippen molar-refractivity contribution in [3.05, 3.63) is 48.3 Å². The maximum absolute atomic E-state index is 4.86. The van der Waals surface area contributed by atoms with Gasteiger partial charge in [-0.15, -0.1) is 0 Å². The fraction of sp³-hybridized carbons (Fsp3) is 0.435. The van der Waals surface area contributed by atoms with Crippen LogP contribution in [0.15, 0.2) is 42.6 Å². The molecule has 2 aliphatic rings. The van der Waals surface area contributed by atoms with Gasteiger partial charge in [0.2, 0.25) is 0 Å². The number of pyridine rings is 1. The van der Waals surface area contributed by atoms with Crippen molar-refractivity contribution in [2.75, 3.05) is 19.6 Å². The summed E-state index contributed by atoms with van der Waals surface area (Å²) in [6.07, 6.45) is 9.52. The third kappa shape index (κ3) is 2.57. The van der Waals surface area contributed by atoms with Crippen LogP contribution in [0.2, 0.25) is 0 Å². The van der Waals surface area contributed by atoms with Gasteiger partial charge in [0.15, 0.2) is 0 Å². The van der Waals surface area contributed by atoms with E-state index in [0.29, 0.717) is 5.92 Å². The molecule has 1 aromatic carbocycles. The van der Waals surface area contributed by atoms with E-state index < -0.39 is 0 Å². The average molecular weight is 345 g/mol. The number of H-pyrrole nitrogens is 1. The summed E-state index contributed by atoms with van der Waals surface area (Å²) in [7, 11) is 0. The van der Waals surface area contributed by atoms with Gasteiger partial charge >= 0.3 is 0 Å². The molecule has 0 spiro atoms. The lowest BCUT2D eigenvalue weighted by atomic mass is 9.73. The normalized spacial score (nSPS) is 24.0. The van der Waals surface area contributed by atoms with Gasteiger partial charge < -0.3 is 9.88 Å². The fourth-order valence-electron chi connectivity index (χ4n) is 5.20. The van der Waals surface area contributed by atoms with Gasteiger partial charge in [-0.2, -0.15) is 0 Å². The quantitative estimate of drug-likeness (QED) is 0.704. The fourth-order valence-corrected chi connectivity index (χ4v) is 5.20. The molecule has 1 aliphatic carbocycles. The van der Waals surface area contributed by atoms with Crippen LogP contribution in [-0.4, -0.2) is 34.5 Å². The largest absolute Gasteiger partial charge is 0.353 e. The number of benzene rings is 1. The van der Waals surface area contributed by atoms with Crippen LogP contribution >= 0.6 is 0 Å². The first-order chi connectivity index (χ1) is 12.8. The molecule has 0 saturated carbocycles. The third-order valence-corrected chi connectivity index (χ3v) is 6.36. The van der Waals surface area contributed by atoms with Gasteiger partial charge in [0.05, 0.1) is 11.2 Å². The molecule has 1 N–H and O–H groups in total. The van der Waals surface area contributed by atoms with E-state index in [0.717, 1.165) is 5.92 Å². The van der Waals surface area contributed by atoms with E-state index in [-0.39, 0.29) is 0 Å². The summed E-state index contributed by atoms with van der Waals surface area (Å²) < 4.78 is 0. The Balaban J connectivity index is 1.56. The highest BCUT2D eigenvalue weighted by molar-refractivity contribution is 6.09. The Kier molecular flexibility index (Phi) is 4.05. The zero-order valence-electron chi connectivity index (χ0n) is 15.5. The molecule has 0 unspecified atom stereocenters. The van der Waals surface area contributed by atoms with E-state index >= 15 is 0 Å². The van der Waals surface area contributed by atoms with E-state index in [1.165, 1.54) is 78.4 Å². The van der Waals surface area contributed by atoms with Crippen molar-refractivity contribution in [1.29, 1.82) is 0 Å². The van der Waals surface area contributed by atoms with Gasteiger partial charge in [0.1, 0.15) is 0 Å². The molecule has 3 heteroatoms. The molecule has 5 rings (SSSR count). The van der Waals surface area contributed by atoms with E-state index in [2.05, 4.69) is 53.2 Å². The topological polar surface area (TPSA) is 31.9 Å². The van der Waals surface area contributed by atoms with Gasteiger partial charge in [-0.05, 0) is 68.3 Å². The van der Waals surface area contributed by atoms with Crippen molar-refractivity contribution in [2.45, 2.75) is 32.6 Å². The molecule has 3 aromatic rings. The summed E-state index contributed by atoms with van der Waals surface area (Å²) in [5, 5.41) is 2.61. The second kappa shape index (κ2) is 6.55. The Bertz CT molecular complexity index is 968. The number of hydrogen-bond acceptors (Lipinski definition) is 2. The van der Waals surface area contributed by atoms with Gasteiger partial charge in [0, 0.05) is 29.0 Å². The van der Waals surface area contributed by atoms with Crippen molar-refractivity contribution in [2.24, 2.45) is 11.8 Å². The first-order valence-corrected chi connectivity index (χ1v) is 10.1. The summed E-state index contributed by atoms with van der Waals surface area (Å²) in [6.45, 7) is 6.03. The Morgan fingerprint density at radius 3 is 3.00 bits per heavy atom. The third-order valence-electron chi connectivity index (χ3n) is 6.36. The molecule has 134 valence electrons. The second-order valence-electron chi connectivity index (χ2n) is 7.95. The SMILES string of the molecule is CCCN1CC[C@H]2C(c3nccc4c3[nH]c3ccccc34)=CCC[C@H]2C1. The Morgan fingerprint density at radius 2 is 2.08 bits per heavy atom. The summed E-state index contributed by atoms with van der Waals surface area (Å²) in [6, 6.07) is 10.8. The molecule has 0 bridgehead atoms. The van der Waals surface area contributed by atoms with E-state index in [4.69, 9.17) is 4.98 Å². The molecule has 1 aliphatic heterocycles. The molecule has 3 nitrogen and oxygen atoms in total. The minimum Gasteiger partial charge on any atom is -0.353 e. The summed E-state index contributed by atoms with van der Waals surface area (Å²) in [5.41, 5.74) is 5.12. The van der Waals surface area contributed by atoms with Crippen LogP contribution in [-0.2, 0) is 0 Å². The minimum atomic E-state index is 0.668. The average Bonchev–Trinajstić information content (AvgIpc) is 3.06. The first-order valence-electron chi connectivity index (χ1n) is 10.1.